The molecule has 0 fully saturated rings. The number of fused-ring (bicyclic) bond motifs is 1. The molecule has 3 nitrogen and oxygen atoms in total. The van der Waals surface area contributed by atoms with Gasteiger partial charge in [0.1, 0.15) is 5.60 Å². The molecule has 1 unspecified atom stereocenters. The third-order valence-electron chi connectivity index (χ3n) is 3.60. The molecule has 0 radical (unpaired) electrons. The summed E-state index contributed by atoms with van der Waals surface area (Å²) in [4.78, 5) is 15.3. The number of aromatic amines is 1. The molecule has 0 saturated heterocycles. The van der Waals surface area contributed by atoms with Crippen LogP contribution in [0.2, 0.25) is 0 Å². The number of aliphatic hydroxyl groups is 1. The molecule has 1 aromatic heterocycles. The Kier molecular flexibility index (Phi) is 2.92. The van der Waals surface area contributed by atoms with E-state index in [0.29, 0.717) is 11.1 Å². The Balaban J connectivity index is 2.22. The Morgan fingerprint density at radius 3 is 2.40 bits per heavy atom. The number of nitrogens with one attached hydrogen (secondary N) is 1. The zero-order valence-electron chi connectivity index (χ0n) is 11.1. The molecule has 0 aliphatic heterocycles. The van der Waals surface area contributed by atoms with E-state index in [1.165, 1.54) is 6.07 Å². The largest absolute Gasteiger partial charge is 0.379 e. The van der Waals surface area contributed by atoms with E-state index in [1.54, 1.807) is 13.0 Å². The quantitative estimate of drug-likeness (QED) is 0.748. The first-order chi connectivity index (χ1) is 9.59. The van der Waals surface area contributed by atoms with Crippen molar-refractivity contribution in [1.82, 2.24) is 4.98 Å². The lowest BCUT2D eigenvalue weighted by Crippen LogP contribution is -2.26. The molecule has 0 bridgehead atoms. The highest BCUT2D eigenvalue weighted by Gasteiger charge is 2.27. The van der Waals surface area contributed by atoms with Gasteiger partial charge >= 0.3 is 0 Å². The van der Waals surface area contributed by atoms with Gasteiger partial charge in [-0.15, -0.1) is 0 Å². The predicted molar refractivity (Wildman–Crippen MR) is 79.7 cm³/mol. The van der Waals surface area contributed by atoms with Gasteiger partial charge in [0, 0.05) is 17.0 Å². The van der Waals surface area contributed by atoms with Crippen molar-refractivity contribution in [3.05, 3.63) is 82.1 Å². The van der Waals surface area contributed by atoms with Crippen LogP contribution in [0.25, 0.3) is 10.9 Å². The highest BCUT2D eigenvalue weighted by atomic mass is 16.3. The molecule has 0 amide bonds. The molecular weight excluding hydrogens is 250 g/mol. The van der Waals surface area contributed by atoms with Gasteiger partial charge in [0.2, 0.25) is 0 Å². The van der Waals surface area contributed by atoms with E-state index in [9.17, 15) is 9.90 Å². The van der Waals surface area contributed by atoms with Gasteiger partial charge in [-0.1, -0.05) is 42.5 Å². The lowest BCUT2D eigenvalue weighted by Gasteiger charge is -2.24. The maximum absolute atomic E-state index is 12.1. The van der Waals surface area contributed by atoms with Crippen LogP contribution in [-0.4, -0.2) is 10.1 Å². The van der Waals surface area contributed by atoms with Crippen molar-refractivity contribution in [3.8, 4) is 0 Å². The maximum atomic E-state index is 12.1. The van der Waals surface area contributed by atoms with Crippen LogP contribution in [0, 0.1) is 0 Å². The minimum absolute atomic E-state index is 0.0921. The Labute approximate surface area is 116 Å². The molecule has 0 saturated carbocycles. The van der Waals surface area contributed by atoms with E-state index in [4.69, 9.17) is 0 Å². The van der Waals surface area contributed by atoms with Crippen LogP contribution in [-0.2, 0) is 5.60 Å². The second-order valence-electron chi connectivity index (χ2n) is 5.03. The number of hydrogen-bond donors (Lipinski definition) is 2. The fourth-order valence-electron chi connectivity index (χ4n) is 2.38. The standard InChI is InChI=1S/C17H15NO2/c1-17(20,12-7-3-2-4-8-12)16-11-15(19)13-9-5-6-10-14(13)18-16/h2-11,20H,1H3,(H,18,19). The Morgan fingerprint density at radius 2 is 1.65 bits per heavy atom. The number of aromatic nitrogens is 1. The zero-order chi connectivity index (χ0) is 14.2. The van der Waals surface area contributed by atoms with Crippen molar-refractivity contribution in [2.24, 2.45) is 0 Å². The Morgan fingerprint density at radius 1 is 1.00 bits per heavy atom. The van der Waals surface area contributed by atoms with Crippen LogP contribution in [0.15, 0.2) is 65.5 Å². The summed E-state index contributed by atoms with van der Waals surface area (Å²) in [5, 5.41) is 11.4. The summed E-state index contributed by atoms with van der Waals surface area (Å²) in [5.74, 6) is 0. The van der Waals surface area contributed by atoms with Gasteiger partial charge in [0.25, 0.3) is 0 Å². The zero-order valence-corrected chi connectivity index (χ0v) is 11.1. The normalized spacial score (nSPS) is 14.1. The van der Waals surface area contributed by atoms with E-state index < -0.39 is 5.60 Å². The van der Waals surface area contributed by atoms with E-state index >= 15 is 0 Å². The molecule has 0 aliphatic carbocycles. The first kappa shape index (κ1) is 12.6. The Hall–Kier alpha value is -2.39. The highest BCUT2D eigenvalue weighted by Crippen LogP contribution is 2.27. The topological polar surface area (TPSA) is 53.1 Å². The van der Waals surface area contributed by atoms with E-state index in [-0.39, 0.29) is 5.43 Å². The van der Waals surface area contributed by atoms with Gasteiger partial charge in [-0.2, -0.15) is 0 Å². The second-order valence-corrected chi connectivity index (χ2v) is 5.03. The molecule has 20 heavy (non-hydrogen) atoms. The summed E-state index contributed by atoms with van der Waals surface area (Å²) in [7, 11) is 0. The first-order valence-corrected chi connectivity index (χ1v) is 6.49. The van der Waals surface area contributed by atoms with Crippen LogP contribution in [0.4, 0.5) is 0 Å². The number of para-hydroxylation sites is 1. The maximum Gasteiger partial charge on any atom is 0.189 e. The van der Waals surface area contributed by atoms with Crippen LogP contribution in [0.5, 0.6) is 0 Å². The fraction of sp³-hybridized carbons (Fsp3) is 0.118. The molecule has 2 N–H and O–H groups in total. The number of H-pyrrole nitrogens is 1. The Bertz CT molecular complexity index is 804. The molecule has 3 heteroatoms. The average molecular weight is 265 g/mol. The summed E-state index contributed by atoms with van der Waals surface area (Å²) >= 11 is 0. The van der Waals surface area contributed by atoms with E-state index in [2.05, 4.69) is 4.98 Å². The van der Waals surface area contributed by atoms with Crippen molar-refractivity contribution in [2.75, 3.05) is 0 Å². The number of benzene rings is 2. The van der Waals surface area contributed by atoms with Gasteiger partial charge in [0.05, 0.1) is 5.69 Å². The summed E-state index contributed by atoms with van der Waals surface area (Å²) < 4.78 is 0. The van der Waals surface area contributed by atoms with Crippen molar-refractivity contribution in [3.63, 3.8) is 0 Å². The molecule has 1 heterocycles. The second kappa shape index (κ2) is 4.62. The lowest BCUT2D eigenvalue weighted by atomic mass is 9.91. The van der Waals surface area contributed by atoms with Gasteiger partial charge in [0.15, 0.2) is 5.43 Å². The molecule has 0 spiro atoms. The van der Waals surface area contributed by atoms with Crippen molar-refractivity contribution in [1.29, 1.82) is 0 Å². The first-order valence-electron chi connectivity index (χ1n) is 6.49. The number of hydrogen-bond acceptors (Lipinski definition) is 2. The fourth-order valence-corrected chi connectivity index (χ4v) is 2.38. The summed E-state index contributed by atoms with van der Waals surface area (Å²) in [6.07, 6.45) is 0. The van der Waals surface area contributed by atoms with Crippen LogP contribution in [0.1, 0.15) is 18.2 Å². The molecular formula is C17H15NO2. The van der Waals surface area contributed by atoms with Crippen LogP contribution in [0.3, 0.4) is 0 Å². The predicted octanol–water partition coefficient (Wildman–Crippen LogP) is 2.78. The van der Waals surface area contributed by atoms with Gasteiger partial charge < -0.3 is 10.1 Å². The van der Waals surface area contributed by atoms with Gasteiger partial charge in [-0.25, -0.2) is 0 Å². The third-order valence-corrected chi connectivity index (χ3v) is 3.60. The minimum Gasteiger partial charge on any atom is -0.379 e. The molecule has 3 rings (SSSR count). The van der Waals surface area contributed by atoms with Crippen LogP contribution >= 0.6 is 0 Å². The summed E-state index contributed by atoms with van der Waals surface area (Å²) in [5.41, 5.74) is 0.639. The molecule has 2 aromatic carbocycles. The smallest absolute Gasteiger partial charge is 0.189 e. The summed E-state index contributed by atoms with van der Waals surface area (Å²) in [6.45, 7) is 1.68. The van der Waals surface area contributed by atoms with Crippen molar-refractivity contribution >= 4 is 10.9 Å². The third kappa shape index (κ3) is 2.02. The lowest BCUT2D eigenvalue weighted by molar-refractivity contribution is 0.0977. The van der Waals surface area contributed by atoms with Gasteiger partial charge in [-0.05, 0) is 24.6 Å². The monoisotopic (exact) mass is 265 g/mol. The van der Waals surface area contributed by atoms with E-state index in [0.717, 1.165) is 11.1 Å². The molecule has 0 aliphatic rings. The van der Waals surface area contributed by atoms with Gasteiger partial charge in [-0.3, -0.25) is 4.79 Å². The number of pyridine rings is 1. The van der Waals surface area contributed by atoms with Crippen molar-refractivity contribution < 1.29 is 5.11 Å². The summed E-state index contributed by atoms with van der Waals surface area (Å²) in [6, 6.07) is 18.1. The highest BCUT2D eigenvalue weighted by molar-refractivity contribution is 5.78. The molecule has 100 valence electrons. The molecule has 1 atom stereocenters. The van der Waals surface area contributed by atoms with E-state index in [1.807, 2.05) is 48.5 Å². The van der Waals surface area contributed by atoms with Crippen molar-refractivity contribution in [2.45, 2.75) is 12.5 Å². The SMILES string of the molecule is CC(O)(c1ccccc1)c1cc(=O)c2ccccc2[nH]1. The van der Waals surface area contributed by atoms with Crippen LogP contribution < -0.4 is 5.43 Å². The minimum atomic E-state index is -1.23. The molecule has 3 aromatic rings. The average Bonchev–Trinajstić information content (AvgIpc) is 2.48. The number of rotatable bonds is 2.